The molecule has 1 amide bonds. The summed E-state index contributed by atoms with van der Waals surface area (Å²) in [5.74, 6) is 0.455. The van der Waals surface area contributed by atoms with Crippen LogP contribution in [0.15, 0.2) is 17.5 Å². The van der Waals surface area contributed by atoms with Gasteiger partial charge in [0.25, 0.3) is 0 Å². The zero-order valence-corrected chi connectivity index (χ0v) is 14.6. The zero-order chi connectivity index (χ0) is 17.3. The molecule has 1 atom stereocenters. The van der Waals surface area contributed by atoms with E-state index < -0.39 is 0 Å². The topological polar surface area (TPSA) is 101 Å². The van der Waals surface area contributed by atoms with Crippen LogP contribution in [0.25, 0.3) is 0 Å². The van der Waals surface area contributed by atoms with E-state index >= 15 is 0 Å². The summed E-state index contributed by atoms with van der Waals surface area (Å²) in [5.41, 5.74) is 7.93. The minimum atomic E-state index is -0.246. The molecule has 0 unspecified atom stereocenters. The van der Waals surface area contributed by atoms with E-state index in [1.165, 1.54) is 0 Å². The summed E-state index contributed by atoms with van der Waals surface area (Å²) in [6, 6.07) is 3.97. The van der Waals surface area contributed by atoms with Crippen molar-refractivity contribution in [3.63, 3.8) is 0 Å². The molecule has 2 aromatic heterocycles. The van der Waals surface area contributed by atoms with Crippen molar-refractivity contribution < 1.29 is 9.90 Å². The van der Waals surface area contributed by atoms with Crippen LogP contribution in [-0.4, -0.2) is 27.1 Å². The molecule has 0 aromatic carbocycles. The van der Waals surface area contributed by atoms with Crippen LogP contribution in [0.4, 0.5) is 5.95 Å². The van der Waals surface area contributed by atoms with Gasteiger partial charge in [0.2, 0.25) is 11.9 Å². The minimum Gasteiger partial charge on any atom is -0.393 e. The second kappa shape index (κ2) is 6.86. The molecular formula is C17H22N4O2S. The molecule has 2 heterocycles. The average Bonchev–Trinajstić information content (AvgIpc) is 2.99. The number of nitrogen functional groups attached to an aromatic ring is 1. The number of anilines is 1. The quantitative estimate of drug-likeness (QED) is 0.768. The number of nitrogens with two attached hydrogens (primary N) is 1. The van der Waals surface area contributed by atoms with Crippen molar-refractivity contribution in [2.75, 3.05) is 5.73 Å². The van der Waals surface area contributed by atoms with Crippen LogP contribution in [0.5, 0.6) is 0 Å². The maximum Gasteiger partial charge on any atom is 0.225 e. The lowest BCUT2D eigenvalue weighted by Crippen LogP contribution is -2.41. The van der Waals surface area contributed by atoms with E-state index in [-0.39, 0.29) is 36.3 Å². The van der Waals surface area contributed by atoms with Crippen LogP contribution in [0, 0.1) is 19.8 Å². The molecule has 3 rings (SSSR count). The first-order valence-electron chi connectivity index (χ1n) is 8.04. The molecule has 0 spiro atoms. The largest absolute Gasteiger partial charge is 0.393 e. The lowest BCUT2D eigenvalue weighted by Gasteiger charge is -2.37. The SMILES string of the molecule is Cc1nc(N)nc(C)c1CC(=O)N[C@H](c1cccs1)C1CC(O)C1. The number of aliphatic hydroxyl groups excluding tert-OH is 1. The molecular weight excluding hydrogens is 324 g/mol. The monoisotopic (exact) mass is 346 g/mol. The Bertz CT molecular complexity index is 703. The van der Waals surface area contributed by atoms with E-state index in [0.717, 1.165) is 34.7 Å². The van der Waals surface area contributed by atoms with E-state index in [1.54, 1.807) is 11.3 Å². The molecule has 0 saturated heterocycles. The van der Waals surface area contributed by atoms with Gasteiger partial charge in [-0.2, -0.15) is 0 Å². The number of carbonyl (C=O) groups excluding carboxylic acids is 1. The lowest BCUT2D eigenvalue weighted by atomic mass is 9.76. The summed E-state index contributed by atoms with van der Waals surface area (Å²) in [7, 11) is 0. The van der Waals surface area contributed by atoms with Crippen LogP contribution < -0.4 is 11.1 Å². The highest BCUT2D eigenvalue weighted by atomic mass is 32.1. The van der Waals surface area contributed by atoms with Crippen molar-refractivity contribution in [3.05, 3.63) is 39.3 Å². The number of aromatic nitrogens is 2. The number of aryl methyl sites for hydroxylation is 2. The predicted octanol–water partition coefficient (Wildman–Crippen LogP) is 1.91. The molecule has 4 N–H and O–H groups in total. The molecule has 7 heteroatoms. The standard InChI is InChI=1S/C17H22N4O2S/c1-9-13(10(2)20-17(18)19-9)8-15(23)21-16(11-6-12(22)7-11)14-4-3-5-24-14/h3-5,11-12,16,22H,6-8H2,1-2H3,(H,21,23)(H2,18,19,20)/t11?,12?,16-/m0/s1. The van der Waals surface area contributed by atoms with Gasteiger partial charge in [0.1, 0.15) is 0 Å². The molecule has 1 aliphatic carbocycles. The third-order valence-electron chi connectivity index (χ3n) is 4.56. The maximum atomic E-state index is 12.6. The third kappa shape index (κ3) is 3.57. The van der Waals surface area contributed by atoms with Crippen molar-refractivity contribution in [1.82, 2.24) is 15.3 Å². The number of hydrogen-bond donors (Lipinski definition) is 3. The highest BCUT2D eigenvalue weighted by Gasteiger charge is 2.36. The maximum absolute atomic E-state index is 12.6. The highest BCUT2D eigenvalue weighted by Crippen LogP contribution is 2.39. The highest BCUT2D eigenvalue weighted by molar-refractivity contribution is 7.10. The predicted molar refractivity (Wildman–Crippen MR) is 93.6 cm³/mol. The summed E-state index contributed by atoms with van der Waals surface area (Å²) in [4.78, 5) is 22.0. The Labute approximate surface area is 145 Å². The fourth-order valence-electron chi connectivity index (χ4n) is 3.20. The van der Waals surface area contributed by atoms with Crippen LogP contribution in [0.1, 0.15) is 40.7 Å². The number of thiophene rings is 1. The van der Waals surface area contributed by atoms with E-state index in [4.69, 9.17) is 5.73 Å². The van der Waals surface area contributed by atoms with Gasteiger partial charge in [0.05, 0.1) is 18.6 Å². The van der Waals surface area contributed by atoms with E-state index in [1.807, 2.05) is 31.4 Å². The molecule has 0 bridgehead atoms. The van der Waals surface area contributed by atoms with Gasteiger partial charge in [-0.15, -0.1) is 11.3 Å². The number of rotatable bonds is 5. The van der Waals surface area contributed by atoms with Crippen LogP contribution >= 0.6 is 11.3 Å². The number of carbonyl (C=O) groups is 1. The zero-order valence-electron chi connectivity index (χ0n) is 13.8. The van der Waals surface area contributed by atoms with Gasteiger partial charge in [-0.1, -0.05) is 6.07 Å². The molecule has 0 aliphatic heterocycles. The van der Waals surface area contributed by atoms with Gasteiger partial charge in [0.15, 0.2) is 0 Å². The third-order valence-corrected chi connectivity index (χ3v) is 5.52. The number of hydrogen-bond acceptors (Lipinski definition) is 6. The first-order valence-corrected chi connectivity index (χ1v) is 8.92. The molecule has 24 heavy (non-hydrogen) atoms. The second-order valence-corrected chi connectivity index (χ2v) is 7.33. The molecule has 6 nitrogen and oxygen atoms in total. The Morgan fingerprint density at radius 2 is 2.08 bits per heavy atom. The van der Waals surface area contributed by atoms with Gasteiger partial charge in [-0.3, -0.25) is 4.79 Å². The van der Waals surface area contributed by atoms with Crippen LogP contribution in [0.2, 0.25) is 0 Å². The summed E-state index contributed by atoms with van der Waals surface area (Å²) in [6.07, 6.45) is 1.44. The van der Waals surface area contributed by atoms with Crippen molar-refractivity contribution in [2.24, 2.45) is 5.92 Å². The molecule has 128 valence electrons. The molecule has 1 fully saturated rings. The second-order valence-electron chi connectivity index (χ2n) is 6.35. The molecule has 1 saturated carbocycles. The molecule has 0 radical (unpaired) electrons. The molecule has 2 aromatic rings. The Kier molecular flexibility index (Phi) is 4.82. The Balaban J connectivity index is 1.72. The van der Waals surface area contributed by atoms with E-state index in [9.17, 15) is 9.90 Å². The van der Waals surface area contributed by atoms with Crippen molar-refractivity contribution in [1.29, 1.82) is 0 Å². The molecule has 1 aliphatic rings. The first-order chi connectivity index (χ1) is 11.4. The van der Waals surface area contributed by atoms with Crippen molar-refractivity contribution >= 4 is 23.2 Å². The Morgan fingerprint density at radius 3 is 2.62 bits per heavy atom. The normalized spacial score (nSPS) is 21.1. The van der Waals surface area contributed by atoms with Gasteiger partial charge < -0.3 is 16.2 Å². The van der Waals surface area contributed by atoms with E-state index in [2.05, 4.69) is 15.3 Å². The fraction of sp³-hybridized carbons (Fsp3) is 0.471. The number of nitrogens with zero attached hydrogens (tertiary/aromatic N) is 2. The van der Waals surface area contributed by atoms with Crippen LogP contribution in [-0.2, 0) is 11.2 Å². The Hall–Kier alpha value is -1.99. The first kappa shape index (κ1) is 16.9. The number of aliphatic hydroxyl groups is 1. The summed E-state index contributed by atoms with van der Waals surface area (Å²) in [5, 5.41) is 14.7. The smallest absolute Gasteiger partial charge is 0.225 e. The summed E-state index contributed by atoms with van der Waals surface area (Å²) >= 11 is 1.63. The number of nitrogens with one attached hydrogen (secondary N) is 1. The summed E-state index contributed by atoms with van der Waals surface area (Å²) in [6.45, 7) is 3.68. The summed E-state index contributed by atoms with van der Waals surface area (Å²) < 4.78 is 0. The lowest BCUT2D eigenvalue weighted by molar-refractivity contribution is -0.122. The van der Waals surface area contributed by atoms with Gasteiger partial charge in [-0.25, -0.2) is 9.97 Å². The van der Waals surface area contributed by atoms with Gasteiger partial charge in [0, 0.05) is 21.8 Å². The Morgan fingerprint density at radius 1 is 1.42 bits per heavy atom. The number of amides is 1. The van der Waals surface area contributed by atoms with E-state index in [0.29, 0.717) is 0 Å². The van der Waals surface area contributed by atoms with Crippen LogP contribution in [0.3, 0.4) is 0 Å². The minimum absolute atomic E-state index is 0.0452. The van der Waals surface area contributed by atoms with Crippen molar-refractivity contribution in [2.45, 2.75) is 45.3 Å². The van der Waals surface area contributed by atoms with Gasteiger partial charge in [-0.05, 0) is 44.1 Å². The fourth-order valence-corrected chi connectivity index (χ4v) is 4.07. The van der Waals surface area contributed by atoms with Gasteiger partial charge >= 0.3 is 0 Å². The average molecular weight is 346 g/mol. The van der Waals surface area contributed by atoms with Crippen molar-refractivity contribution in [3.8, 4) is 0 Å².